The molecule has 0 radical (unpaired) electrons. The third-order valence-electron chi connectivity index (χ3n) is 4.84. The number of halogens is 3. The molecule has 1 atom stereocenters. The molecule has 1 aliphatic heterocycles. The van der Waals surface area contributed by atoms with E-state index in [9.17, 15) is 22.8 Å². The fourth-order valence-electron chi connectivity index (χ4n) is 3.36. The van der Waals surface area contributed by atoms with Gasteiger partial charge in [0.15, 0.2) is 0 Å². The number of alkyl halides is 3. The van der Waals surface area contributed by atoms with Crippen molar-refractivity contribution in [2.75, 3.05) is 31.1 Å². The first-order chi connectivity index (χ1) is 11.7. The number of aromatic nitrogens is 2. The summed E-state index contributed by atoms with van der Waals surface area (Å²) in [7, 11) is 0. The van der Waals surface area contributed by atoms with E-state index in [1.54, 1.807) is 9.80 Å². The number of carbonyl (C=O) groups excluding carboxylic acids is 2. The Balaban J connectivity index is 1.64. The van der Waals surface area contributed by atoms with Crippen LogP contribution in [0.25, 0.3) is 0 Å². The number of Topliss-reactive ketones (excluding diaryl/α,β-unsaturated/α-hetero) is 1. The minimum Gasteiger partial charge on any atom is -0.339 e. The predicted octanol–water partition coefficient (Wildman–Crippen LogP) is 1.90. The normalized spacial score (nSPS) is 24.7. The van der Waals surface area contributed by atoms with Gasteiger partial charge in [-0.15, -0.1) is 0 Å². The second kappa shape index (κ2) is 6.27. The summed E-state index contributed by atoms with van der Waals surface area (Å²) in [5.74, 6) is 0.0685. The quantitative estimate of drug-likeness (QED) is 0.810. The van der Waals surface area contributed by atoms with E-state index in [4.69, 9.17) is 0 Å². The van der Waals surface area contributed by atoms with Gasteiger partial charge in [-0.3, -0.25) is 9.59 Å². The summed E-state index contributed by atoms with van der Waals surface area (Å²) in [6.07, 6.45) is -2.17. The summed E-state index contributed by atoms with van der Waals surface area (Å²) in [4.78, 5) is 35.0. The van der Waals surface area contributed by atoms with E-state index in [2.05, 4.69) is 9.97 Å². The maximum Gasteiger partial charge on any atom is 0.433 e. The molecule has 9 heteroatoms. The molecule has 1 aliphatic carbocycles. The number of carbonyl (C=O) groups is 2. The number of nitrogens with zero attached hydrogens (tertiary/aromatic N) is 4. The molecule has 136 valence electrons. The molecule has 0 spiro atoms. The van der Waals surface area contributed by atoms with E-state index >= 15 is 0 Å². The molecule has 6 nitrogen and oxygen atoms in total. The van der Waals surface area contributed by atoms with Crippen molar-refractivity contribution in [3.8, 4) is 0 Å². The molecule has 0 N–H and O–H groups in total. The smallest absolute Gasteiger partial charge is 0.339 e. The number of anilines is 1. The van der Waals surface area contributed by atoms with Gasteiger partial charge in [0, 0.05) is 45.2 Å². The van der Waals surface area contributed by atoms with Gasteiger partial charge >= 0.3 is 6.18 Å². The first-order valence-electron chi connectivity index (χ1n) is 8.15. The SMILES string of the molecule is CC1(C(=O)N2CCN(c3nccc(C(F)(F)F)n3)CC2)CCC(=O)C1. The van der Waals surface area contributed by atoms with Crippen molar-refractivity contribution < 1.29 is 22.8 Å². The molecule has 0 bridgehead atoms. The Kier molecular flexibility index (Phi) is 4.42. The van der Waals surface area contributed by atoms with Crippen LogP contribution in [0.5, 0.6) is 0 Å². The number of ketones is 1. The first-order valence-corrected chi connectivity index (χ1v) is 8.15. The van der Waals surface area contributed by atoms with E-state index in [0.29, 0.717) is 39.0 Å². The van der Waals surface area contributed by atoms with Gasteiger partial charge in [-0.2, -0.15) is 13.2 Å². The van der Waals surface area contributed by atoms with E-state index in [-0.39, 0.29) is 24.1 Å². The van der Waals surface area contributed by atoms with Gasteiger partial charge in [-0.25, -0.2) is 9.97 Å². The van der Waals surface area contributed by atoms with Crippen LogP contribution in [-0.4, -0.2) is 52.7 Å². The lowest BCUT2D eigenvalue weighted by molar-refractivity contribution is -0.142. The minimum absolute atomic E-state index is 0.0178. The average Bonchev–Trinajstić information content (AvgIpc) is 2.94. The largest absolute Gasteiger partial charge is 0.433 e. The van der Waals surface area contributed by atoms with Crippen LogP contribution in [0.15, 0.2) is 12.3 Å². The number of piperazine rings is 1. The molecule has 2 fully saturated rings. The highest BCUT2D eigenvalue weighted by Crippen LogP contribution is 2.37. The van der Waals surface area contributed by atoms with E-state index in [1.807, 2.05) is 6.92 Å². The summed E-state index contributed by atoms with van der Waals surface area (Å²) in [6.45, 7) is 3.28. The fourth-order valence-corrected chi connectivity index (χ4v) is 3.36. The van der Waals surface area contributed by atoms with Gasteiger partial charge in [0.2, 0.25) is 11.9 Å². The van der Waals surface area contributed by atoms with Crippen molar-refractivity contribution in [1.82, 2.24) is 14.9 Å². The number of hydrogen-bond acceptors (Lipinski definition) is 5. The summed E-state index contributed by atoms with van der Waals surface area (Å²) in [5, 5.41) is 0. The fraction of sp³-hybridized carbons (Fsp3) is 0.625. The minimum atomic E-state index is -4.51. The number of hydrogen-bond donors (Lipinski definition) is 0. The molecular formula is C16H19F3N4O2. The van der Waals surface area contributed by atoms with Gasteiger partial charge in [-0.1, -0.05) is 6.92 Å². The molecular weight excluding hydrogens is 337 g/mol. The van der Waals surface area contributed by atoms with Crippen molar-refractivity contribution in [3.63, 3.8) is 0 Å². The Morgan fingerprint density at radius 3 is 2.48 bits per heavy atom. The van der Waals surface area contributed by atoms with Crippen LogP contribution in [0.3, 0.4) is 0 Å². The second-order valence-electron chi connectivity index (χ2n) is 6.80. The Bertz CT molecular complexity index is 686. The molecule has 25 heavy (non-hydrogen) atoms. The first kappa shape index (κ1) is 17.6. The molecule has 1 saturated carbocycles. The lowest BCUT2D eigenvalue weighted by Gasteiger charge is -2.38. The van der Waals surface area contributed by atoms with Crippen LogP contribution >= 0.6 is 0 Å². The van der Waals surface area contributed by atoms with Crippen molar-refractivity contribution in [1.29, 1.82) is 0 Å². The Hall–Kier alpha value is -2.19. The van der Waals surface area contributed by atoms with Crippen LogP contribution in [0, 0.1) is 5.41 Å². The monoisotopic (exact) mass is 356 g/mol. The molecule has 0 aromatic carbocycles. The van der Waals surface area contributed by atoms with Crippen molar-refractivity contribution in [3.05, 3.63) is 18.0 Å². The standard InChI is InChI=1S/C16H19F3N4O2/c1-15(4-2-11(24)10-15)13(25)22-6-8-23(9-7-22)14-20-5-3-12(21-14)16(17,18)19/h3,5H,2,4,6-10H2,1H3. The highest BCUT2D eigenvalue weighted by atomic mass is 19.4. The Morgan fingerprint density at radius 1 is 1.24 bits per heavy atom. The molecule has 1 unspecified atom stereocenters. The topological polar surface area (TPSA) is 66.4 Å². The third kappa shape index (κ3) is 3.59. The van der Waals surface area contributed by atoms with E-state index in [1.165, 1.54) is 0 Å². The maximum absolute atomic E-state index is 12.8. The number of amides is 1. The Labute approximate surface area is 143 Å². The predicted molar refractivity (Wildman–Crippen MR) is 82.8 cm³/mol. The molecule has 1 aromatic rings. The van der Waals surface area contributed by atoms with Crippen LogP contribution in [0.4, 0.5) is 19.1 Å². The molecule has 1 amide bonds. The van der Waals surface area contributed by atoms with Crippen molar-refractivity contribution in [2.45, 2.75) is 32.4 Å². The third-order valence-corrected chi connectivity index (χ3v) is 4.84. The maximum atomic E-state index is 12.8. The lowest BCUT2D eigenvalue weighted by Crippen LogP contribution is -2.52. The zero-order chi connectivity index (χ0) is 18.2. The summed E-state index contributed by atoms with van der Waals surface area (Å²) >= 11 is 0. The lowest BCUT2D eigenvalue weighted by atomic mass is 9.87. The van der Waals surface area contributed by atoms with Crippen LogP contribution in [0.1, 0.15) is 31.9 Å². The van der Waals surface area contributed by atoms with E-state index < -0.39 is 17.3 Å². The average molecular weight is 356 g/mol. The summed E-state index contributed by atoms with van der Waals surface area (Å²) < 4.78 is 38.3. The zero-order valence-electron chi connectivity index (χ0n) is 13.8. The zero-order valence-corrected chi connectivity index (χ0v) is 13.8. The van der Waals surface area contributed by atoms with Gasteiger partial charge in [0.05, 0.1) is 5.41 Å². The van der Waals surface area contributed by atoms with Crippen LogP contribution in [0.2, 0.25) is 0 Å². The number of rotatable bonds is 2. The van der Waals surface area contributed by atoms with Crippen molar-refractivity contribution in [2.24, 2.45) is 5.41 Å². The second-order valence-corrected chi connectivity index (χ2v) is 6.80. The molecule has 3 rings (SSSR count). The van der Waals surface area contributed by atoms with Gasteiger partial charge in [-0.05, 0) is 12.5 Å². The van der Waals surface area contributed by atoms with Gasteiger partial charge in [0.25, 0.3) is 0 Å². The summed E-state index contributed by atoms with van der Waals surface area (Å²) in [6, 6.07) is 0.835. The van der Waals surface area contributed by atoms with Crippen LogP contribution < -0.4 is 4.90 Å². The van der Waals surface area contributed by atoms with Gasteiger partial charge < -0.3 is 9.80 Å². The Morgan fingerprint density at radius 2 is 1.92 bits per heavy atom. The van der Waals surface area contributed by atoms with Gasteiger partial charge in [0.1, 0.15) is 11.5 Å². The molecule has 1 saturated heterocycles. The van der Waals surface area contributed by atoms with Crippen molar-refractivity contribution >= 4 is 17.6 Å². The molecule has 2 heterocycles. The summed E-state index contributed by atoms with van der Waals surface area (Å²) in [5.41, 5.74) is -1.63. The highest BCUT2D eigenvalue weighted by Gasteiger charge is 2.43. The highest BCUT2D eigenvalue weighted by molar-refractivity contribution is 5.92. The molecule has 1 aromatic heterocycles. The van der Waals surface area contributed by atoms with E-state index in [0.717, 1.165) is 12.3 Å². The van der Waals surface area contributed by atoms with Crippen LogP contribution in [-0.2, 0) is 15.8 Å². The molecule has 2 aliphatic rings.